The molecule has 4 rings (SSSR count). The highest BCUT2D eigenvalue weighted by Gasteiger charge is 2.29. The zero-order chi connectivity index (χ0) is 24.9. The first kappa shape index (κ1) is 24.9. The van der Waals surface area contributed by atoms with Gasteiger partial charge in [0.15, 0.2) is 0 Å². The van der Waals surface area contributed by atoms with Crippen LogP contribution >= 0.6 is 0 Å². The van der Waals surface area contributed by atoms with Crippen molar-refractivity contribution in [2.45, 2.75) is 51.7 Å². The number of carboxylic acids is 1. The molecule has 0 aromatic carbocycles. The third-order valence-corrected chi connectivity index (χ3v) is 6.69. The third kappa shape index (κ3) is 6.08. The Bertz CT molecular complexity index is 1050. The maximum Gasteiger partial charge on any atom is 0.409 e. The summed E-state index contributed by atoms with van der Waals surface area (Å²) in [6, 6.07) is 3.55. The Labute approximate surface area is 204 Å². The Morgan fingerprint density at radius 2 is 2.03 bits per heavy atom. The molecule has 2 unspecified atom stereocenters. The number of aliphatic carboxylic acids is 1. The number of hydrogen-bond donors (Lipinski definition) is 1. The number of aryl methyl sites for hydroxylation is 2. The Morgan fingerprint density at radius 3 is 2.74 bits per heavy atom. The lowest BCUT2D eigenvalue weighted by Gasteiger charge is -2.27. The average Bonchev–Trinajstić information content (AvgIpc) is 3.48. The van der Waals surface area contributed by atoms with Gasteiger partial charge in [-0.05, 0) is 37.8 Å². The van der Waals surface area contributed by atoms with Crippen molar-refractivity contribution in [1.82, 2.24) is 24.9 Å². The second-order valence-corrected chi connectivity index (χ2v) is 9.42. The lowest BCUT2D eigenvalue weighted by molar-refractivity contribution is -0.149. The largest absolute Gasteiger partial charge is 0.486 e. The molecule has 1 amide bonds. The fourth-order valence-electron chi connectivity index (χ4n) is 4.67. The molecule has 1 aliphatic carbocycles. The van der Waals surface area contributed by atoms with E-state index in [-0.39, 0.29) is 25.4 Å². The highest BCUT2D eigenvalue weighted by atomic mass is 16.6. The van der Waals surface area contributed by atoms with Crippen molar-refractivity contribution in [3.8, 4) is 17.1 Å². The summed E-state index contributed by atoms with van der Waals surface area (Å²) in [5, 5.41) is 17.6. The van der Waals surface area contributed by atoms with E-state index in [1.165, 1.54) is 12.8 Å². The van der Waals surface area contributed by atoms with Crippen LogP contribution in [-0.4, -0.2) is 75.0 Å². The lowest BCUT2D eigenvalue weighted by atomic mass is 10.0. The number of pyridine rings is 1. The van der Waals surface area contributed by atoms with Crippen LogP contribution in [0.15, 0.2) is 12.1 Å². The molecule has 0 spiro atoms. The fourth-order valence-corrected chi connectivity index (χ4v) is 4.67. The molecule has 0 radical (unpaired) electrons. The Kier molecular flexibility index (Phi) is 7.84. The van der Waals surface area contributed by atoms with Gasteiger partial charge in [0.1, 0.15) is 29.8 Å². The molecule has 2 fully saturated rings. The number of carboxylic acid groups (broad SMARTS) is 1. The number of carbonyl (C=O) groups excluding carboxylic acids is 1. The zero-order valence-corrected chi connectivity index (χ0v) is 20.5. The van der Waals surface area contributed by atoms with Crippen molar-refractivity contribution < 1.29 is 28.9 Å². The molecule has 3 heterocycles. The number of amides is 1. The SMILES string of the molecule is Cc1nc(-c2nnn(C)c2COC(=O)N(C)CC2CCCC2)ccc1OC1COCC(C(=O)O)C1. The third-order valence-electron chi connectivity index (χ3n) is 6.69. The van der Waals surface area contributed by atoms with E-state index in [1.54, 1.807) is 35.8 Å². The standard InChI is InChI=1S/C24H33N5O6/c1-15-21(35-18-10-17(23(30)31)12-33-13-18)9-8-19(25-15)22-20(29(3)27-26-22)14-34-24(32)28(2)11-16-6-4-5-7-16/h8-9,16-18H,4-7,10-14H2,1-3H3,(H,30,31). The zero-order valence-electron chi connectivity index (χ0n) is 20.5. The smallest absolute Gasteiger partial charge is 0.409 e. The van der Waals surface area contributed by atoms with Gasteiger partial charge in [-0.3, -0.25) is 4.79 Å². The van der Waals surface area contributed by atoms with Crippen LogP contribution in [-0.2, 0) is 27.9 Å². The van der Waals surface area contributed by atoms with E-state index in [0.29, 0.717) is 54.0 Å². The maximum absolute atomic E-state index is 12.5. The molecule has 1 saturated carbocycles. The summed E-state index contributed by atoms with van der Waals surface area (Å²) in [6.45, 7) is 3.07. The van der Waals surface area contributed by atoms with Gasteiger partial charge in [-0.1, -0.05) is 18.1 Å². The summed E-state index contributed by atoms with van der Waals surface area (Å²) in [4.78, 5) is 30.0. The van der Waals surface area contributed by atoms with Gasteiger partial charge < -0.3 is 24.2 Å². The summed E-state index contributed by atoms with van der Waals surface area (Å²) in [6.07, 6.45) is 4.43. The Morgan fingerprint density at radius 1 is 1.26 bits per heavy atom. The van der Waals surface area contributed by atoms with Crippen LogP contribution in [0, 0.1) is 18.8 Å². The minimum Gasteiger partial charge on any atom is -0.486 e. The number of carbonyl (C=O) groups is 2. The van der Waals surface area contributed by atoms with E-state index < -0.39 is 11.9 Å². The van der Waals surface area contributed by atoms with Crippen LogP contribution < -0.4 is 4.74 Å². The maximum atomic E-state index is 12.5. The van der Waals surface area contributed by atoms with Crippen LogP contribution in [0.5, 0.6) is 5.75 Å². The molecular formula is C24H33N5O6. The topological polar surface area (TPSA) is 129 Å². The van der Waals surface area contributed by atoms with Crippen LogP contribution in [0.3, 0.4) is 0 Å². The van der Waals surface area contributed by atoms with Gasteiger partial charge in [-0.2, -0.15) is 0 Å². The summed E-state index contributed by atoms with van der Waals surface area (Å²) in [5.74, 6) is -0.365. The molecule has 2 aromatic heterocycles. The minimum atomic E-state index is -0.885. The van der Waals surface area contributed by atoms with Crippen molar-refractivity contribution >= 4 is 12.1 Å². The summed E-state index contributed by atoms with van der Waals surface area (Å²) in [5.41, 5.74) is 2.37. The first-order valence-corrected chi connectivity index (χ1v) is 12.0. The fraction of sp³-hybridized carbons (Fsp3) is 0.625. The molecule has 2 atom stereocenters. The molecule has 2 aliphatic rings. The van der Waals surface area contributed by atoms with Crippen molar-refractivity contribution in [1.29, 1.82) is 0 Å². The Hall–Kier alpha value is -3.21. The number of rotatable bonds is 8. The van der Waals surface area contributed by atoms with Crippen molar-refractivity contribution in [2.75, 3.05) is 26.8 Å². The van der Waals surface area contributed by atoms with Crippen LogP contribution in [0.1, 0.15) is 43.5 Å². The Balaban J connectivity index is 1.40. The predicted octanol–water partition coefficient (Wildman–Crippen LogP) is 2.81. The first-order valence-electron chi connectivity index (χ1n) is 12.0. The molecule has 2 aromatic rings. The van der Waals surface area contributed by atoms with Gasteiger partial charge in [-0.25, -0.2) is 14.5 Å². The quantitative estimate of drug-likeness (QED) is 0.597. The average molecular weight is 488 g/mol. The van der Waals surface area contributed by atoms with E-state index in [0.717, 1.165) is 12.8 Å². The van der Waals surface area contributed by atoms with E-state index in [4.69, 9.17) is 14.2 Å². The predicted molar refractivity (Wildman–Crippen MR) is 125 cm³/mol. The highest BCUT2D eigenvalue weighted by Crippen LogP contribution is 2.28. The molecule has 190 valence electrons. The van der Waals surface area contributed by atoms with Gasteiger partial charge in [0.2, 0.25) is 0 Å². The van der Waals surface area contributed by atoms with E-state index in [1.807, 2.05) is 6.92 Å². The van der Waals surface area contributed by atoms with E-state index in [9.17, 15) is 14.7 Å². The monoisotopic (exact) mass is 487 g/mol. The summed E-state index contributed by atoms with van der Waals surface area (Å²) < 4.78 is 18.5. The van der Waals surface area contributed by atoms with Crippen molar-refractivity contribution in [2.24, 2.45) is 18.9 Å². The number of ether oxygens (including phenoxy) is 3. The molecule has 0 bridgehead atoms. The normalized spacial score (nSPS) is 20.5. The molecule has 11 nitrogen and oxygen atoms in total. The molecule has 11 heteroatoms. The van der Waals surface area contributed by atoms with Crippen LogP contribution in [0.4, 0.5) is 4.79 Å². The van der Waals surface area contributed by atoms with Gasteiger partial charge >= 0.3 is 12.1 Å². The van der Waals surface area contributed by atoms with Crippen LogP contribution in [0.2, 0.25) is 0 Å². The van der Waals surface area contributed by atoms with Gasteiger partial charge in [-0.15, -0.1) is 5.10 Å². The number of hydrogen-bond acceptors (Lipinski definition) is 8. The number of nitrogens with zero attached hydrogens (tertiary/aromatic N) is 5. The summed E-state index contributed by atoms with van der Waals surface area (Å²) in [7, 11) is 3.51. The first-order chi connectivity index (χ1) is 16.8. The summed E-state index contributed by atoms with van der Waals surface area (Å²) >= 11 is 0. The van der Waals surface area contributed by atoms with E-state index in [2.05, 4.69) is 15.3 Å². The second kappa shape index (κ2) is 11.0. The highest BCUT2D eigenvalue weighted by molar-refractivity contribution is 5.70. The molecule has 1 N–H and O–H groups in total. The number of aromatic nitrogens is 4. The van der Waals surface area contributed by atoms with Gasteiger partial charge in [0.25, 0.3) is 0 Å². The van der Waals surface area contributed by atoms with E-state index >= 15 is 0 Å². The second-order valence-electron chi connectivity index (χ2n) is 9.42. The van der Waals surface area contributed by atoms with Crippen molar-refractivity contribution in [3.05, 3.63) is 23.5 Å². The van der Waals surface area contributed by atoms with Gasteiger partial charge in [0.05, 0.1) is 30.5 Å². The molecule has 1 aliphatic heterocycles. The minimum absolute atomic E-state index is 0.0294. The van der Waals surface area contributed by atoms with Gasteiger partial charge in [0, 0.05) is 27.1 Å². The van der Waals surface area contributed by atoms with Crippen molar-refractivity contribution in [3.63, 3.8) is 0 Å². The molecular weight excluding hydrogens is 454 g/mol. The molecule has 1 saturated heterocycles. The molecule has 35 heavy (non-hydrogen) atoms. The lowest BCUT2D eigenvalue weighted by Crippen LogP contribution is -2.37. The van der Waals surface area contributed by atoms with Crippen LogP contribution in [0.25, 0.3) is 11.4 Å².